The third-order valence-corrected chi connectivity index (χ3v) is 16.0. The molecular formula is C46H65O4P. The second kappa shape index (κ2) is 22.4. The van der Waals surface area contributed by atoms with Gasteiger partial charge in [-0.05, 0) is 19.8 Å². The third kappa shape index (κ3) is 11.5. The molecule has 0 spiro atoms. The van der Waals surface area contributed by atoms with Crippen LogP contribution in [0.3, 0.4) is 0 Å². The molecule has 0 fully saturated rings. The summed E-state index contributed by atoms with van der Waals surface area (Å²) in [5, 5.41) is 25.7. The Balaban J connectivity index is 1.02. The fourth-order valence-corrected chi connectivity index (χ4v) is 12.9. The number of ether oxygens (including phenoxy) is 2. The molecule has 4 nitrogen and oxygen atoms in total. The Hall–Kier alpha value is -3.49. The van der Waals surface area contributed by atoms with Crippen molar-refractivity contribution < 1.29 is 19.7 Å². The molecule has 0 amide bonds. The molecule has 0 bridgehead atoms. The molecule has 5 heteroatoms. The van der Waals surface area contributed by atoms with Crippen molar-refractivity contribution in [2.75, 3.05) is 20.4 Å². The molecular weight excluding hydrogens is 647 g/mol. The second-order valence-corrected chi connectivity index (χ2v) is 18.4. The van der Waals surface area contributed by atoms with Crippen molar-refractivity contribution in [3.05, 3.63) is 102 Å². The maximum Gasteiger partial charge on any atom is 0.207 e. The molecule has 0 aliphatic heterocycles. The molecule has 0 heterocycles. The zero-order chi connectivity index (χ0) is 36.2. The van der Waals surface area contributed by atoms with Crippen LogP contribution in [0.4, 0.5) is 0 Å². The Morgan fingerprint density at radius 2 is 0.745 bits per heavy atom. The normalized spacial score (nSPS) is 11.8. The fraction of sp³-hybridized carbons (Fsp3) is 0.478. The number of hydrogen-bond donors (Lipinski definition) is 2. The standard InChI is InChI=1S/C46H65O4P/c1-38-42(44(48)46(50-3)45(49-2)43(38)47)36-28-17-15-13-11-9-7-5-4-6-8-10-12-14-16-18-29-37-51(39-30-22-19-23-31-39,40-32-24-20-25-33-40)41-34-26-21-27-35-41/h19-27,30-35,47-48,51H,4-18,28-29,36-37H2,1-3H3. The van der Waals surface area contributed by atoms with Crippen LogP contribution in [0.25, 0.3) is 0 Å². The van der Waals surface area contributed by atoms with Gasteiger partial charge in [0.1, 0.15) is 0 Å². The van der Waals surface area contributed by atoms with Crippen LogP contribution in [0.5, 0.6) is 23.0 Å². The Kier molecular flexibility index (Phi) is 17.7. The number of rotatable bonds is 25. The molecule has 0 radical (unpaired) electrons. The minimum atomic E-state index is -2.08. The molecule has 0 unspecified atom stereocenters. The van der Waals surface area contributed by atoms with Crippen molar-refractivity contribution in [2.24, 2.45) is 0 Å². The van der Waals surface area contributed by atoms with Crippen molar-refractivity contribution in [3.8, 4) is 23.0 Å². The van der Waals surface area contributed by atoms with Crippen LogP contribution < -0.4 is 25.4 Å². The number of methoxy groups -OCH3 is 2. The van der Waals surface area contributed by atoms with Gasteiger partial charge >= 0.3 is 191 Å². The molecule has 0 atom stereocenters. The van der Waals surface area contributed by atoms with Crippen LogP contribution in [0.2, 0.25) is 0 Å². The second-order valence-electron chi connectivity index (χ2n) is 14.4. The van der Waals surface area contributed by atoms with Gasteiger partial charge in [0.05, 0.1) is 14.2 Å². The van der Waals surface area contributed by atoms with Crippen LogP contribution in [0.1, 0.15) is 120 Å². The maximum atomic E-state index is 10.6. The van der Waals surface area contributed by atoms with Gasteiger partial charge in [0.15, 0.2) is 11.5 Å². The minimum Gasteiger partial charge on any atom is -0.504 e. The predicted molar refractivity (Wildman–Crippen MR) is 221 cm³/mol. The largest absolute Gasteiger partial charge is 0.504 e. The van der Waals surface area contributed by atoms with Gasteiger partial charge in [-0.2, -0.15) is 0 Å². The van der Waals surface area contributed by atoms with E-state index in [1.54, 1.807) is 0 Å². The molecule has 4 aromatic rings. The van der Waals surface area contributed by atoms with Gasteiger partial charge in [0, 0.05) is 11.1 Å². The molecule has 0 saturated heterocycles. The van der Waals surface area contributed by atoms with E-state index in [0.717, 1.165) is 24.8 Å². The molecule has 0 aromatic heterocycles. The van der Waals surface area contributed by atoms with Gasteiger partial charge in [-0.1, -0.05) is 32.1 Å². The Labute approximate surface area is 310 Å². The molecule has 0 aliphatic rings. The maximum absolute atomic E-state index is 10.6. The number of phenolic OH excluding ortho intramolecular Hbond substituents is 2. The van der Waals surface area contributed by atoms with E-state index in [2.05, 4.69) is 91.0 Å². The van der Waals surface area contributed by atoms with E-state index < -0.39 is 7.26 Å². The summed E-state index contributed by atoms with van der Waals surface area (Å²) < 4.78 is 10.5. The van der Waals surface area contributed by atoms with Crippen LogP contribution in [-0.4, -0.2) is 30.6 Å². The molecule has 0 saturated carbocycles. The SMILES string of the molecule is COc1c(O)c(C)c(CCCCCCCCCCCCCCCCCCC[PH](c2ccccc2)(c2ccccc2)c2ccccc2)c(O)c1OC. The zero-order valence-electron chi connectivity index (χ0n) is 31.8. The van der Waals surface area contributed by atoms with Crippen LogP contribution in [0, 0.1) is 6.92 Å². The quantitative estimate of drug-likeness (QED) is 0.0408. The first-order valence-electron chi connectivity index (χ1n) is 19.9. The first-order chi connectivity index (χ1) is 25.0. The molecule has 51 heavy (non-hydrogen) atoms. The molecule has 4 rings (SSSR count). The predicted octanol–water partition coefficient (Wildman–Crippen LogP) is 11.3. The fourth-order valence-electron chi connectivity index (χ4n) is 7.97. The van der Waals surface area contributed by atoms with E-state index in [1.165, 1.54) is 133 Å². The summed E-state index contributed by atoms with van der Waals surface area (Å²) in [5.74, 6) is 0.557. The number of hydrogen-bond acceptors (Lipinski definition) is 4. The van der Waals surface area contributed by atoms with Gasteiger partial charge in [-0.3, -0.25) is 0 Å². The van der Waals surface area contributed by atoms with Gasteiger partial charge in [0.25, 0.3) is 0 Å². The third-order valence-electron chi connectivity index (χ3n) is 10.9. The first-order valence-corrected chi connectivity index (χ1v) is 22.1. The van der Waals surface area contributed by atoms with Gasteiger partial charge in [-0.25, -0.2) is 0 Å². The van der Waals surface area contributed by atoms with Crippen molar-refractivity contribution >= 4 is 23.2 Å². The van der Waals surface area contributed by atoms with Crippen LogP contribution in [0.15, 0.2) is 91.0 Å². The minimum absolute atomic E-state index is 0.0547. The van der Waals surface area contributed by atoms with Crippen molar-refractivity contribution in [1.29, 1.82) is 0 Å². The Bertz CT molecular complexity index is 1430. The summed E-state index contributed by atoms with van der Waals surface area (Å²) in [7, 11) is 0.873. The van der Waals surface area contributed by atoms with Crippen LogP contribution in [-0.2, 0) is 6.42 Å². The van der Waals surface area contributed by atoms with Gasteiger partial charge in [0.2, 0.25) is 11.5 Å². The van der Waals surface area contributed by atoms with Gasteiger partial charge < -0.3 is 19.7 Å². The summed E-state index contributed by atoms with van der Waals surface area (Å²) >= 11 is 0. The molecule has 4 aromatic carbocycles. The average molecular weight is 713 g/mol. The van der Waals surface area contributed by atoms with E-state index in [9.17, 15) is 10.2 Å². The Morgan fingerprint density at radius 1 is 0.431 bits per heavy atom. The topological polar surface area (TPSA) is 58.9 Å². The number of benzene rings is 4. The average Bonchev–Trinajstić information content (AvgIpc) is 3.17. The number of phenols is 2. The summed E-state index contributed by atoms with van der Waals surface area (Å²) in [4.78, 5) is 0. The zero-order valence-corrected chi connectivity index (χ0v) is 32.8. The first kappa shape index (κ1) is 40.3. The Morgan fingerprint density at radius 3 is 1.10 bits per heavy atom. The van der Waals surface area contributed by atoms with E-state index in [4.69, 9.17) is 9.47 Å². The smallest absolute Gasteiger partial charge is 0.207 e. The van der Waals surface area contributed by atoms with E-state index in [-0.39, 0.29) is 23.0 Å². The molecule has 278 valence electrons. The van der Waals surface area contributed by atoms with E-state index in [0.29, 0.717) is 5.56 Å². The summed E-state index contributed by atoms with van der Waals surface area (Å²) in [5.41, 5.74) is 1.43. The molecule has 2 N–H and O–H groups in total. The van der Waals surface area contributed by atoms with Crippen molar-refractivity contribution in [2.45, 2.75) is 122 Å². The number of unbranched alkanes of at least 4 members (excludes halogenated alkanes) is 16. The van der Waals surface area contributed by atoms with Gasteiger partial charge in [-0.15, -0.1) is 0 Å². The van der Waals surface area contributed by atoms with Crippen LogP contribution >= 0.6 is 7.26 Å². The van der Waals surface area contributed by atoms with Crippen molar-refractivity contribution in [1.82, 2.24) is 0 Å². The summed E-state index contributed by atoms with van der Waals surface area (Å²) in [6.07, 6.45) is 24.2. The van der Waals surface area contributed by atoms with E-state index in [1.807, 2.05) is 6.92 Å². The van der Waals surface area contributed by atoms with E-state index >= 15 is 0 Å². The monoisotopic (exact) mass is 712 g/mol. The van der Waals surface area contributed by atoms with Crippen molar-refractivity contribution in [3.63, 3.8) is 0 Å². The molecule has 0 aliphatic carbocycles. The summed E-state index contributed by atoms with van der Waals surface area (Å²) in [6, 6.07) is 34.0. The number of aromatic hydroxyl groups is 2. The summed E-state index contributed by atoms with van der Waals surface area (Å²) in [6.45, 7) is 1.82.